The average Bonchev–Trinajstić information content (AvgIpc) is 2.08. The fourth-order valence-corrected chi connectivity index (χ4v) is 1.33. The quantitative estimate of drug-likeness (QED) is 0.490. The molecule has 0 aliphatic rings. The molecule has 0 aliphatic heterocycles. The molecule has 0 saturated carbocycles. The Morgan fingerprint density at radius 3 is 2.62 bits per heavy atom. The van der Waals surface area contributed by atoms with Crippen molar-refractivity contribution >= 4 is 25.2 Å². The molecule has 0 aliphatic carbocycles. The van der Waals surface area contributed by atoms with Crippen molar-refractivity contribution in [2.24, 2.45) is 0 Å². The van der Waals surface area contributed by atoms with Gasteiger partial charge in [-0.25, -0.2) is 0 Å². The first kappa shape index (κ1) is 10.4. The predicted molar refractivity (Wildman–Crippen MR) is 57.7 cm³/mol. The molecule has 1 rings (SSSR count). The Morgan fingerprint density at radius 2 is 2.08 bits per heavy atom. The molecule has 68 valence electrons. The third-order valence-electron chi connectivity index (χ3n) is 1.81. The second-order valence-electron chi connectivity index (χ2n) is 2.92. The number of hydrogen-bond acceptors (Lipinski definition) is 3. The zero-order valence-electron chi connectivity index (χ0n) is 7.36. The van der Waals surface area contributed by atoms with Crippen LogP contribution in [0.4, 0.5) is 0 Å². The van der Waals surface area contributed by atoms with Gasteiger partial charge in [-0.2, -0.15) is 0 Å². The predicted octanol–water partition coefficient (Wildman–Crippen LogP) is 1.31. The zero-order chi connectivity index (χ0) is 10.0. The molecule has 1 aromatic rings. The first-order valence-electron chi connectivity index (χ1n) is 3.87. The van der Waals surface area contributed by atoms with Crippen LogP contribution in [-0.4, -0.2) is 17.2 Å². The molecule has 0 fully saturated rings. The minimum Gasteiger partial charge on any atom is -0.423 e. The zero-order valence-corrected chi connectivity index (χ0v) is 8.25. The average molecular weight is 194 g/mol. The van der Waals surface area contributed by atoms with E-state index in [4.69, 9.17) is 10.0 Å². The van der Waals surface area contributed by atoms with Gasteiger partial charge in [0.15, 0.2) is 0 Å². The molecule has 0 amide bonds. The van der Waals surface area contributed by atoms with Crippen LogP contribution in [0, 0.1) is 6.92 Å². The summed E-state index contributed by atoms with van der Waals surface area (Å²) >= 11 is 4.20. The third-order valence-corrected chi connectivity index (χ3v) is 2.20. The molecule has 0 atom stereocenters. The highest BCUT2D eigenvalue weighted by Gasteiger charge is 2.16. The van der Waals surface area contributed by atoms with Gasteiger partial charge in [-0.15, -0.1) is 12.6 Å². The van der Waals surface area contributed by atoms with Crippen LogP contribution in [0.1, 0.15) is 11.1 Å². The second kappa shape index (κ2) is 4.00. The normalized spacial score (nSPS) is 9.85. The Hall–Kier alpha value is -0.705. The third kappa shape index (κ3) is 2.37. The van der Waals surface area contributed by atoms with Crippen molar-refractivity contribution in [3.8, 4) is 0 Å². The SMILES string of the molecule is C=C(B(O)O)c1cc(C)ccc1S. The van der Waals surface area contributed by atoms with Crippen molar-refractivity contribution in [3.63, 3.8) is 0 Å². The van der Waals surface area contributed by atoms with Gasteiger partial charge < -0.3 is 10.0 Å². The Balaban J connectivity index is 3.13. The first-order chi connectivity index (χ1) is 6.02. The molecule has 0 saturated heterocycles. The molecular formula is C9H11BO2S. The van der Waals surface area contributed by atoms with Gasteiger partial charge in [-0.3, -0.25) is 0 Å². The molecule has 0 heterocycles. The molecule has 4 heteroatoms. The smallest absolute Gasteiger partial charge is 0.423 e. The summed E-state index contributed by atoms with van der Waals surface area (Å²) in [5.41, 5.74) is 1.99. The maximum atomic E-state index is 8.91. The van der Waals surface area contributed by atoms with Gasteiger partial charge >= 0.3 is 7.12 Å². The summed E-state index contributed by atoms with van der Waals surface area (Å²) in [7, 11) is -1.52. The molecule has 0 unspecified atom stereocenters. The number of rotatable bonds is 2. The fourth-order valence-electron chi connectivity index (χ4n) is 1.05. The van der Waals surface area contributed by atoms with Gasteiger partial charge in [0.1, 0.15) is 0 Å². The van der Waals surface area contributed by atoms with E-state index in [1.807, 2.05) is 19.1 Å². The largest absolute Gasteiger partial charge is 0.488 e. The van der Waals surface area contributed by atoms with Crippen LogP contribution in [0.25, 0.3) is 5.47 Å². The standard InChI is InChI=1S/C9H11BO2S/c1-6-3-4-9(13)8(5-6)7(2)10(11)12/h3-5,11-13H,2H2,1H3. The lowest BCUT2D eigenvalue weighted by atomic mass is 9.76. The Bertz CT molecular complexity index is 336. The van der Waals surface area contributed by atoms with E-state index in [9.17, 15) is 0 Å². The van der Waals surface area contributed by atoms with Crippen molar-refractivity contribution in [3.05, 3.63) is 35.9 Å². The monoisotopic (exact) mass is 194 g/mol. The summed E-state index contributed by atoms with van der Waals surface area (Å²) < 4.78 is 0. The van der Waals surface area contributed by atoms with Crippen molar-refractivity contribution in [2.45, 2.75) is 11.8 Å². The van der Waals surface area contributed by atoms with Crippen molar-refractivity contribution < 1.29 is 10.0 Å². The van der Waals surface area contributed by atoms with Crippen LogP contribution in [0.3, 0.4) is 0 Å². The summed E-state index contributed by atoms with van der Waals surface area (Å²) in [6.07, 6.45) is 0. The van der Waals surface area contributed by atoms with Gasteiger partial charge in [0.2, 0.25) is 0 Å². The van der Waals surface area contributed by atoms with E-state index in [0.29, 0.717) is 10.5 Å². The van der Waals surface area contributed by atoms with Crippen LogP contribution >= 0.6 is 12.6 Å². The van der Waals surface area contributed by atoms with E-state index < -0.39 is 7.12 Å². The molecule has 1 aromatic carbocycles. The Morgan fingerprint density at radius 1 is 1.46 bits per heavy atom. The lowest BCUT2D eigenvalue weighted by Gasteiger charge is -2.08. The van der Waals surface area contributed by atoms with Crippen molar-refractivity contribution in [1.82, 2.24) is 0 Å². The summed E-state index contributed by atoms with van der Waals surface area (Å²) in [6.45, 7) is 5.50. The fraction of sp³-hybridized carbons (Fsp3) is 0.111. The van der Waals surface area contributed by atoms with Crippen LogP contribution in [0.2, 0.25) is 0 Å². The van der Waals surface area contributed by atoms with E-state index in [1.54, 1.807) is 6.07 Å². The molecule has 0 aromatic heterocycles. The lowest BCUT2D eigenvalue weighted by molar-refractivity contribution is 0.427. The topological polar surface area (TPSA) is 40.5 Å². The summed E-state index contributed by atoms with van der Waals surface area (Å²) in [5.74, 6) is 0. The van der Waals surface area contributed by atoms with E-state index in [0.717, 1.165) is 5.56 Å². The molecule has 2 nitrogen and oxygen atoms in total. The number of aryl methyl sites for hydroxylation is 1. The maximum Gasteiger partial charge on any atom is 0.488 e. The number of benzene rings is 1. The van der Waals surface area contributed by atoms with Gasteiger partial charge in [-0.05, 0) is 24.0 Å². The highest BCUT2D eigenvalue weighted by molar-refractivity contribution is 7.80. The van der Waals surface area contributed by atoms with Crippen LogP contribution in [0.15, 0.2) is 29.7 Å². The summed E-state index contributed by atoms with van der Waals surface area (Å²) in [6, 6.07) is 5.54. The van der Waals surface area contributed by atoms with Crippen molar-refractivity contribution in [2.75, 3.05) is 0 Å². The maximum absolute atomic E-state index is 8.91. The molecule has 13 heavy (non-hydrogen) atoms. The van der Waals surface area contributed by atoms with Gasteiger partial charge in [0, 0.05) is 4.90 Å². The van der Waals surface area contributed by atoms with Crippen LogP contribution < -0.4 is 0 Å². The minimum atomic E-state index is -1.52. The molecule has 0 bridgehead atoms. The highest BCUT2D eigenvalue weighted by Crippen LogP contribution is 2.22. The first-order valence-corrected chi connectivity index (χ1v) is 4.32. The Labute approximate surface area is 83.5 Å². The van der Waals surface area contributed by atoms with E-state index in [1.165, 1.54) is 0 Å². The molecule has 0 spiro atoms. The van der Waals surface area contributed by atoms with Gasteiger partial charge in [-0.1, -0.05) is 24.3 Å². The minimum absolute atomic E-state index is 0.272. The summed E-state index contributed by atoms with van der Waals surface area (Å²) in [5, 5.41) is 17.8. The van der Waals surface area contributed by atoms with Crippen molar-refractivity contribution in [1.29, 1.82) is 0 Å². The summed E-state index contributed by atoms with van der Waals surface area (Å²) in [4.78, 5) is 0.698. The number of thiol groups is 1. The molecular weight excluding hydrogens is 183 g/mol. The molecule has 2 N–H and O–H groups in total. The second-order valence-corrected chi connectivity index (χ2v) is 3.40. The molecule has 0 radical (unpaired) electrons. The van der Waals surface area contributed by atoms with Crippen LogP contribution in [-0.2, 0) is 0 Å². The highest BCUT2D eigenvalue weighted by atomic mass is 32.1. The van der Waals surface area contributed by atoms with E-state index in [2.05, 4.69) is 19.2 Å². The van der Waals surface area contributed by atoms with Gasteiger partial charge in [0.25, 0.3) is 0 Å². The van der Waals surface area contributed by atoms with E-state index >= 15 is 0 Å². The Kier molecular flexibility index (Phi) is 3.19. The lowest BCUT2D eigenvalue weighted by Crippen LogP contribution is -2.13. The van der Waals surface area contributed by atoms with Gasteiger partial charge in [0.05, 0.1) is 0 Å². The van der Waals surface area contributed by atoms with E-state index in [-0.39, 0.29) is 5.47 Å². The van der Waals surface area contributed by atoms with Crippen LogP contribution in [0.5, 0.6) is 0 Å². The number of hydrogen-bond donors (Lipinski definition) is 3.